The largest absolute Gasteiger partial charge is 0.309 e. The van der Waals surface area contributed by atoms with Gasteiger partial charge in [0.25, 0.3) is 0 Å². The molecule has 0 N–H and O–H groups in total. The van der Waals surface area contributed by atoms with Crippen molar-refractivity contribution < 1.29 is 0 Å². The van der Waals surface area contributed by atoms with Crippen molar-refractivity contribution >= 4 is 72.4 Å². The predicted molar refractivity (Wildman–Crippen MR) is 270 cm³/mol. The number of benzene rings is 10. The number of hydrogen-bond acceptors (Lipinski definition) is 0. The molecule has 12 rings (SSSR count). The molecule has 2 heterocycles. The van der Waals surface area contributed by atoms with E-state index in [1.807, 2.05) is 0 Å². The van der Waals surface area contributed by atoms with Gasteiger partial charge in [-0.1, -0.05) is 212 Å². The molecule has 10 aromatic carbocycles. The average Bonchev–Trinajstić information content (AvgIpc) is 3.88. The summed E-state index contributed by atoms with van der Waals surface area (Å²) in [6.45, 7) is 0. The van der Waals surface area contributed by atoms with Gasteiger partial charge < -0.3 is 9.13 Å². The molecular weight excluding hydrogens is 777 g/mol. The smallest absolute Gasteiger partial charge is 0.181 e. The normalized spacial score (nSPS) is 11.8. The van der Waals surface area contributed by atoms with Crippen LogP contribution >= 0.6 is 0 Å². The van der Waals surface area contributed by atoms with Crippen LogP contribution < -0.4 is 20.7 Å². The van der Waals surface area contributed by atoms with Crippen molar-refractivity contribution in [3.8, 4) is 33.6 Å². The van der Waals surface area contributed by atoms with Gasteiger partial charge in [0.05, 0.1) is 22.1 Å². The van der Waals surface area contributed by atoms with Gasteiger partial charge in [0, 0.05) is 32.9 Å². The molecule has 0 fully saturated rings. The zero-order valence-electron chi connectivity index (χ0n) is 34.6. The lowest BCUT2D eigenvalue weighted by Crippen LogP contribution is -2.75. The molecular formula is C60H42N2Si. The molecule has 0 saturated carbocycles. The van der Waals surface area contributed by atoms with Crippen molar-refractivity contribution in [1.82, 2.24) is 9.13 Å². The van der Waals surface area contributed by atoms with Crippen LogP contribution in [0, 0.1) is 0 Å². The first-order valence-corrected chi connectivity index (χ1v) is 23.8. The van der Waals surface area contributed by atoms with Gasteiger partial charge in [-0.05, 0) is 85.5 Å². The first kappa shape index (κ1) is 36.8. The van der Waals surface area contributed by atoms with Crippen molar-refractivity contribution in [2.24, 2.45) is 0 Å². The fraction of sp³-hybridized carbons (Fsp3) is 0. The number of aromatic nitrogens is 2. The molecule has 2 nitrogen and oxygen atoms in total. The molecule has 3 heteroatoms. The van der Waals surface area contributed by atoms with Crippen LogP contribution in [0.5, 0.6) is 0 Å². The van der Waals surface area contributed by atoms with E-state index in [1.165, 1.54) is 86.6 Å². The van der Waals surface area contributed by atoms with Crippen LogP contribution in [0.1, 0.15) is 0 Å². The Hall–Kier alpha value is -7.98. The van der Waals surface area contributed by atoms with Crippen molar-refractivity contribution in [2.75, 3.05) is 0 Å². The van der Waals surface area contributed by atoms with E-state index in [0.29, 0.717) is 0 Å². The van der Waals surface area contributed by atoms with Crippen LogP contribution in [0.4, 0.5) is 0 Å². The molecule has 0 bridgehead atoms. The lowest BCUT2D eigenvalue weighted by Gasteiger charge is -2.35. The lowest BCUT2D eigenvalue weighted by atomic mass is 10.0. The highest BCUT2D eigenvalue weighted by Crippen LogP contribution is 2.39. The summed E-state index contributed by atoms with van der Waals surface area (Å²) in [5, 5.41) is 10.4. The Morgan fingerprint density at radius 2 is 0.714 bits per heavy atom. The summed E-state index contributed by atoms with van der Waals surface area (Å²) in [6.07, 6.45) is 0. The van der Waals surface area contributed by atoms with Crippen LogP contribution in [-0.4, -0.2) is 17.2 Å². The maximum absolute atomic E-state index is 2.93. The van der Waals surface area contributed by atoms with Crippen LogP contribution in [-0.2, 0) is 0 Å². The zero-order valence-corrected chi connectivity index (χ0v) is 35.6. The van der Waals surface area contributed by atoms with Gasteiger partial charge in [0.1, 0.15) is 0 Å². The van der Waals surface area contributed by atoms with Crippen molar-refractivity contribution in [3.63, 3.8) is 0 Å². The van der Waals surface area contributed by atoms with E-state index in [9.17, 15) is 0 Å². The molecule has 63 heavy (non-hydrogen) atoms. The summed E-state index contributed by atoms with van der Waals surface area (Å²) in [5.74, 6) is 0. The molecule has 0 radical (unpaired) electrons. The van der Waals surface area contributed by atoms with E-state index in [1.54, 1.807) is 0 Å². The highest BCUT2D eigenvalue weighted by molar-refractivity contribution is 7.20. The molecule has 0 atom stereocenters. The molecule has 0 aliphatic heterocycles. The van der Waals surface area contributed by atoms with Crippen LogP contribution in [0.2, 0.25) is 0 Å². The summed E-state index contributed by atoms with van der Waals surface area (Å²) in [7, 11) is -2.93. The van der Waals surface area contributed by atoms with Gasteiger partial charge in [0.15, 0.2) is 8.07 Å². The van der Waals surface area contributed by atoms with Gasteiger partial charge in [-0.25, -0.2) is 0 Å². The summed E-state index contributed by atoms with van der Waals surface area (Å²) in [5.41, 5.74) is 11.9. The number of fused-ring (bicyclic) bond motifs is 6. The first-order valence-electron chi connectivity index (χ1n) is 21.8. The van der Waals surface area contributed by atoms with Gasteiger partial charge in [-0.15, -0.1) is 0 Å². The molecule has 12 aromatic rings. The number of rotatable bonds is 8. The molecule has 0 saturated heterocycles. The Labute approximate surface area is 368 Å². The van der Waals surface area contributed by atoms with E-state index < -0.39 is 8.07 Å². The second-order valence-corrected chi connectivity index (χ2v) is 20.2. The van der Waals surface area contributed by atoms with Crippen molar-refractivity contribution in [2.45, 2.75) is 0 Å². The maximum Gasteiger partial charge on any atom is 0.181 e. The fourth-order valence-electron chi connectivity index (χ4n) is 10.3. The number of para-hydroxylation sites is 2. The third kappa shape index (κ3) is 5.93. The van der Waals surface area contributed by atoms with Gasteiger partial charge >= 0.3 is 0 Å². The molecule has 0 amide bonds. The summed E-state index contributed by atoms with van der Waals surface area (Å²) >= 11 is 0. The summed E-state index contributed by atoms with van der Waals surface area (Å²) in [6, 6.07) is 94.3. The number of hydrogen-bond donors (Lipinski definition) is 0. The Kier molecular flexibility index (Phi) is 8.87. The van der Waals surface area contributed by atoms with E-state index in [-0.39, 0.29) is 0 Å². The topological polar surface area (TPSA) is 9.86 Å². The fourth-order valence-corrected chi connectivity index (χ4v) is 15.2. The Morgan fingerprint density at radius 1 is 0.254 bits per heavy atom. The molecule has 0 aliphatic rings. The van der Waals surface area contributed by atoms with E-state index in [4.69, 9.17) is 0 Å². The van der Waals surface area contributed by atoms with E-state index in [2.05, 4.69) is 264 Å². The maximum atomic E-state index is 2.56. The second kappa shape index (κ2) is 15.2. The Bertz CT molecular complexity index is 3480. The first-order chi connectivity index (χ1) is 31.3. The third-order valence-corrected chi connectivity index (χ3v) is 17.9. The SMILES string of the molecule is c1ccc(-c2ccc(-n3c4ccc(-c5ccccc5)cc4c4ccc(-n5c6ccccc6c6cccc([Si](c7ccccc7)(c7ccccc7)c7ccccc7)c65)cc43)cc2)cc1. The molecule has 296 valence electrons. The van der Waals surface area contributed by atoms with E-state index >= 15 is 0 Å². The minimum atomic E-state index is -2.93. The second-order valence-electron chi connectivity index (χ2n) is 16.5. The minimum Gasteiger partial charge on any atom is -0.309 e. The lowest BCUT2D eigenvalue weighted by molar-refractivity contribution is 1.16. The third-order valence-electron chi connectivity index (χ3n) is 13.1. The quantitative estimate of drug-likeness (QED) is 0.107. The summed E-state index contributed by atoms with van der Waals surface area (Å²) in [4.78, 5) is 0. The summed E-state index contributed by atoms with van der Waals surface area (Å²) < 4.78 is 5.02. The molecule has 0 aliphatic carbocycles. The molecule has 2 aromatic heterocycles. The number of nitrogens with zero attached hydrogens (tertiary/aromatic N) is 2. The van der Waals surface area contributed by atoms with Crippen molar-refractivity contribution in [3.05, 3.63) is 255 Å². The average molecular weight is 819 g/mol. The van der Waals surface area contributed by atoms with Gasteiger partial charge in [-0.2, -0.15) is 0 Å². The van der Waals surface area contributed by atoms with Crippen LogP contribution in [0.3, 0.4) is 0 Å². The van der Waals surface area contributed by atoms with Crippen LogP contribution in [0.15, 0.2) is 255 Å². The monoisotopic (exact) mass is 818 g/mol. The highest BCUT2D eigenvalue weighted by Gasteiger charge is 2.43. The van der Waals surface area contributed by atoms with Gasteiger partial charge in [0.2, 0.25) is 0 Å². The predicted octanol–water partition coefficient (Wildman–Crippen LogP) is 12.6. The highest BCUT2D eigenvalue weighted by atomic mass is 28.3. The standard InChI is InChI=1S/C60H42N2Si/c1-6-19-43(20-7-1)45-33-36-47(37-34-45)61-57-40-35-46(44-21-8-2-9-22-44)41-55(57)53-39-38-48(42-58(53)61)62-56-31-17-16-29-52(56)54-30-18-32-59(60(54)62)63(49-23-10-3-11-24-49,50-25-12-4-13-26-50)51-27-14-5-15-28-51/h1-42H. The minimum absolute atomic E-state index is 1.13. The van der Waals surface area contributed by atoms with Crippen LogP contribution in [0.25, 0.3) is 77.2 Å². The van der Waals surface area contributed by atoms with Crippen molar-refractivity contribution in [1.29, 1.82) is 0 Å². The molecule has 0 spiro atoms. The molecule has 0 unspecified atom stereocenters. The zero-order chi connectivity index (χ0) is 41.7. The Morgan fingerprint density at radius 3 is 1.33 bits per heavy atom. The van der Waals surface area contributed by atoms with E-state index in [0.717, 1.165) is 11.4 Å². The van der Waals surface area contributed by atoms with Gasteiger partial charge in [-0.3, -0.25) is 0 Å². The Balaban J connectivity index is 1.17.